The molecule has 19 heavy (non-hydrogen) atoms. The van der Waals surface area contributed by atoms with Gasteiger partial charge in [0.1, 0.15) is 0 Å². The lowest BCUT2D eigenvalue weighted by molar-refractivity contribution is 0.0531. The Labute approximate surface area is 120 Å². The summed E-state index contributed by atoms with van der Waals surface area (Å²) in [4.78, 5) is 5.10. The zero-order chi connectivity index (χ0) is 14.1. The molecular weight excluding hydrogens is 256 g/mol. The van der Waals surface area contributed by atoms with Crippen LogP contribution in [0, 0.1) is 5.92 Å². The van der Waals surface area contributed by atoms with Gasteiger partial charge >= 0.3 is 9.28 Å². The van der Waals surface area contributed by atoms with Crippen molar-refractivity contribution < 1.29 is 8.85 Å². The monoisotopic (exact) mass is 288 g/mol. The first-order valence-corrected chi connectivity index (χ1v) is 9.67. The second-order valence-electron chi connectivity index (χ2n) is 5.26. The van der Waals surface area contributed by atoms with Crippen molar-refractivity contribution in [1.82, 2.24) is 9.80 Å². The summed E-state index contributed by atoms with van der Waals surface area (Å²) in [6.45, 7) is 16.2. The van der Waals surface area contributed by atoms with E-state index < -0.39 is 9.28 Å². The van der Waals surface area contributed by atoms with E-state index in [-0.39, 0.29) is 0 Å². The molecule has 1 heterocycles. The first kappa shape index (κ1) is 17.1. The average molecular weight is 289 g/mol. The first-order valence-electron chi connectivity index (χ1n) is 7.91. The van der Waals surface area contributed by atoms with Crippen molar-refractivity contribution in [3.05, 3.63) is 0 Å². The molecule has 0 aliphatic carbocycles. The minimum absolute atomic E-state index is 0.782. The van der Waals surface area contributed by atoms with Gasteiger partial charge in [0.25, 0.3) is 0 Å². The molecular formula is C14H32N2O2Si. The Kier molecular flexibility index (Phi) is 8.90. The minimum atomic E-state index is -1.40. The van der Waals surface area contributed by atoms with E-state index in [1.807, 2.05) is 0 Å². The average Bonchev–Trinajstić information content (AvgIpc) is 2.44. The molecule has 1 rings (SSSR count). The molecule has 0 spiro atoms. The molecule has 0 amide bonds. The lowest BCUT2D eigenvalue weighted by Gasteiger charge is -2.39. The van der Waals surface area contributed by atoms with Gasteiger partial charge in [0, 0.05) is 26.3 Å². The molecule has 0 radical (unpaired) electrons. The third-order valence-electron chi connectivity index (χ3n) is 3.84. The van der Waals surface area contributed by atoms with Crippen molar-refractivity contribution in [3.8, 4) is 0 Å². The minimum Gasteiger partial charge on any atom is -0.397 e. The van der Waals surface area contributed by atoms with Crippen LogP contribution in [0.5, 0.6) is 0 Å². The maximum Gasteiger partial charge on any atom is 0.321 e. The van der Waals surface area contributed by atoms with Crippen molar-refractivity contribution in [2.75, 3.05) is 46.1 Å². The van der Waals surface area contributed by atoms with Crippen LogP contribution >= 0.6 is 0 Å². The van der Waals surface area contributed by atoms with Gasteiger partial charge < -0.3 is 8.85 Å². The fraction of sp³-hybridized carbons (Fsp3) is 1.00. The van der Waals surface area contributed by atoms with E-state index in [0.29, 0.717) is 0 Å². The molecule has 0 aromatic rings. The quantitative estimate of drug-likeness (QED) is 0.605. The molecule has 0 aromatic heterocycles. The van der Waals surface area contributed by atoms with Crippen LogP contribution in [0.2, 0.25) is 6.04 Å². The van der Waals surface area contributed by atoms with Gasteiger partial charge in [-0.3, -0.25) is 9.80 Å². The van der Waals surface area contributed by atoms with Crippen molar-refractivity contribution >= 4 is 9.28 Å². The van der Waals surface area contributed by atoms with Gasteiger partial charge in [-0.25, -0.2) is 0 Å². The third-order valence-corrected chi connectivity index (χ3v) is 6.06. The Balaban J connectivity index is 2.36. The van der Waals surface area contributed by atoms with Crippen LogP contribution in [0.3, 0.4) is 0 Å². The first-order chi connectivity index (χ1) is 9.23. The largest absolute Gasteiger partial charge is 0.397 e. The summed E-state index contributed by atoms with van der Waals surface area (Å²) in [7, 11) is -1.40. The van der Waals surface area contributed by atoms with E-state index in [1.165, 1.54) is 19.5 Å². The molecule has 0 bridgehead atoms. The Morgan fingerprint density at radius 3 is 1.89 bits per heavy atom. The van der Waals surface area contributed by atoms with Gasteiger partial charge in [-0.15, -0.1) is 0 Å². The van der Waals surface area contributed by atoms with Gasteiger partial charge in [-0.05, 0) is 45.3 Å². The summed E-state index contributed by atoms with van der Waals surface area (Å²) < 4.78 is 11.5. The van der Waals surface area contributed by atoms with Crippen molar-refractivity contribution in [1.29, 1.82) is 0 Å². The Bertz CT molecular complexity index is 213. The molecule has 1 aliphatic heterocycles. The molecule has 0 N–H and O–H groups in total. The van der Waals surface area contributed by atoms with Gasteiger partial charge in [0.2, 0.25) is 0 Å². The highest BCUT2D eigenvalue weighted by molar-refractivity contribution is 6.44. The van der Waals surface area contributed by atoms with Crippen molar-refractivity contribution in [2.45, 2.75) is 40.2 Å². The number of rotatable bonds is 9. The Morgan fingerprint density at radius 2 is 1.47 bits per heavy atom. The molecule has 0 aromatic carbocycles. The van der Waals surface area contributed by atoms with E-state index in [0.717, 1.165) is 44.9 Å². The van der Waals surface area contributed by atoms with Crippen LogP contribution in [0.15, 0.2) is 0 Å². The fourth-order valence-corrected chi connectivity index (χ4v) is 4.70. The van der Waals surface area contributed by atoms with Crippen LogP contribution in [-0.4, -0.2) is 65.1 Å². The van der Waals surface area contributed by atoms with Crippen LogP contribution < -0.4 is 0 Å². The second-order valence-corrected chi connectivity index (χ2v) is 7.37. The molecule has 114 valence electrons. The molecule has 0 saturated carbocycles. The zero-order valence-corrected chi connectivity index (χ0v) is 14.4. The highest BCUT2D eigenvalue weighted by Crippen LogP contribution is 2.18. The second kappa shape index (κ2) is 9.88. The third kappa shape index (κ3) is 6.36. The summed E-state index contributed by atoms with van der Waals surface area (Å²) in [5.41, 5.74) is 0. The Morgan fingerprint density at radius 1 is 0.947 bits per heavy atom. The van der Waals surface area contributed by atoms with Gasteiger partial charge in [-0.2, -0.15) is 0 Å². The summed E-state index contributed by atoms with van der Waals surface area (Å²) in [6.07, 6.45) is 1.25. The van der Waals surface area contributed by atoms with Crippen molar-refractivity contribution in [2.24, 2.45) is 5.92 Å². The summed E-state index contributed by atoms with van der Waals surface area (Å²) in [5.74, 6) is 0.782. The number of hydrogen-bond acceptors (Lipinski definition) is 4. The molecule has 4 nitrogen and oxygen atoms in total. The molecule has 1 fully saturated rings. The lowest BCUT2D eigenvalue weighted by Crippen LogP contribution is -2.49. The molecule has 0 unspecified atom stereocenters. The van der Waals surface area contributed by atoms with Crippen LogP contribution in [0.4, 0.5) is 0 Å². The number of nitrogens with zero attached hydrogens (tertiary/aromatic N) is 2. The standard InChI is InChI=1S/C14H32N2O2Si/c1-5-15-11-14(12-16(6-2)13-15)9-10-19(17-7-3)18-8-4/h14,19H,5-13H2,1-4H3. The molecule has 5 heteroatoms. The highest BCUT2D eigenvalue weighted by Gasteiger charge is 2.25. The molecule has 1 saturated heterocycles. The van der Waals surface area contributed by atoms with E-state index in [2.05, 4.69) is 37.5 Å². The summed E-state index contributed by atoms with van der Waals surface area (Å²) in [5, 5.41) is 0. The molecule has 1 aliphatic rings. The Hall–Kier alpha value is 0.0569. The van der Waals surface area contributed by atoms with Crippen molar-refractivity contribution in [3.63, 3.8) is 0 Å². The van der Waals surface area contributed by atoms with E-state index in [9.17, 15) is 0 Å². The molecule has 0 atom stereocenters. The zero-order valence-electron chi connectivity index (χ0n) is 13.2. The van der Waals surface area contributed by atoms with E-state index in [1.54, 1.807) is 0 Å². The van der Waals surface area contributed by atoms with Gasteiger partial charge in [0.15, 0.2) is 0 Å². The number of hydrogen-bond donors (Lipinski definition) is 0. The lowest BCUT2D eigenvalue weighted by atomic mass is 10.0. The SMILES string of the molecule is CCO[SiH](CCC1CN(CC)CN(CC)C1)OCC. The highest BCUT2D eigenvalue weighted by atomic mass is 28.3. The smallest absolute Gasteiger partial charge is 0.321 e. The summed E-state index contributed by atoms with van der Waals surface area (Å²) in [6, 6.07) is 1.15. The van der Waals surface area contributed by atoms with E-state index >= 15 is 0 Å². The van der Waals surface area contributed by atoms with Crippen LogP contribution in [0.1, 0.15) is 34.1 Å². The maximum absolute atomic E-state index is 5.77. The van der Waals surface area contributed by atoms with Crippen LogP contribution in [-0.2, 0) is 8.85 Å². The van der Waals surface area contributed by atoms with Gasteiger partial charge in [-0.1, -0.05) is 13.8 Å². The van der Waals surface area contributed by atoms with E-state index in [4.69, 9.17) is 8.85 Å². The summed E-state index contributed by atoms with van der Waals surface area (Å²) >= 11 is 0. The maximum atomic E-state index is 5.77. The normalized spacial score (nSPS) is 19.4. The van der Waals surface area contributed by atoms with Gasteiger partial charge in [0.05, 0.1) is 6.67 Å². The predicted octanol–water partition coefficient (Wildman–Crippen LogP) is 1.90. The predicted molar refractivity (Wildman–Crippen MR) is 82.7 cm³/mol. The van der Waals surface area contributed by atoms with Crippen LogP contribution in [0.25, 0.3) is 0 Å². The fourth-order valence-electron chi connectivity index (χ4n) is 2.79. The topological polar surface area (TPSA) is 24.9 Å².